The van der Waals surface area contributed by atoms with Crippen LogP contribution in [0.15, 0.2) is 47.8 Å². The Morgan fingerprint density at radius 3 is 2.35 bits per heavy atom. The van der Waals surface area contributed by atoms with E-state index in [0.717, 1.165) is 5.56 Å². The van der Waals surface area contributed by atoms with Crippen LogP contribution in [0.25, 0.3) is 11.3 Å². The molecule has 0 saturated heterocycles. The second-order valence-corrected chi connectivity index (χ2v) is 7.11. The van der Waals surface area contributed by atoms with Crippen LogP contribution >= 0.6 is 0 Å². The van der Waals surface area contributed by atoms with E-state index in [9.17, 15) is 8.42 Å². The average Bonchev–Trinajstić information content (AvgIpc) is 2.37. The van der Waals surface area contributed by atoms with Crippen molar-refractivity contribution in [2.45, 2.75) is 31.2 Å². The molecule has 0 unspecified atom stereocenters. The zero-order valence-corrected chi connectivity index (χ0v) is 12.5. The highest BCUT2D eigenvalue weighted by molar-refractivity contribution is 7.89. The normalized spacial score (nSPS) is 12.3. The third kappa shape index (κ3) is 3.40. The van der Waals surface area contributed by atoms with Crippen molar-refractivity contribution in [3.63, 3.8) is 0 Å². The van der Waals surface area contributed by atoms with Crippen molar-refractivity contribution in [3.05, 3.63) is 42.9 Å². The van der Waals surface area contributed by atoms with Crippen LogP contribution in [0.4, 0.5) is 0 Å². The van der Waals surface area contributed by atoms with Gasteiger partial charge >= 0.3 is 0 Å². The third-order valence-electron chi connectivity index (χ3n) is 2.46. The molecule has 0 radical (unpaired) electrons. The molecule has 0 aliphatic carbocycles. The van der Waals surface area contributed by atoms with Gasteiger partial charge in [-0.25, -0.2) is 23.1 Å². The van der Waals surface area contributed by atoms with E-state index >= 15 is 0 Å². The second-order valence-electron chi connectivity index (χ2n) is 5.46. The molecule has 1 aromatic carbocycles. The lowest BCUT2D eigenvalue weighted by atomic mass is 10.1. The van der Waals surface area contributed by atoms with Crippen molar-refractivity contribution in [1.82, 2.24) is 14.7 Å². The number of hydrogen-bond acceptors (Lipinski definition) is 4. The first-order valence-corrected chi connectivity index (χ1v) is 7.67. The maximum atomic E-state index is 12.5. The minimum atomic E-state index is -3.67. The zero-order valence-electron chi connectivity index (χ0n) is 11.7. The summed E-state index contributed by atoms with van der Waals surface area (Å²) in [5, 5.41) is 0. The lowest BCUT2D eigenvalue weighted by molar-refractivity contribution is 0.491. The van der Waals surface area contributed by atoms with E-state index in [1.165, 1.54) is 12.5 Å². The Balaban J connectivity index is 2.54. The topological polar surface area (TPSA) is 72.0 Å². The van der Waals surface area contributed by atoms with E-state index in [1.54, 1.807) is 20.8 Å². The molecular weight excluding hydrogens is 274 g/mol. The quantitative estimate of drug-likeness (QED) is 0.941. The number of sulfonamides is 1. The molecule has 1 heterocycles. The second kappa shape index (κ2) is 5.30. The molecule has 0 amide bonds. The van der Waals surface area contributed by atoms with Gasteiger partial charge in [-0.2, -0.15) is 0 Å². The zero-order chi connectivity index (χ0) is 14.8. The highest BCUT2D eigenvalue weighted by Crippen LogP contribution is 2.24. The van der Waals surface area contributed by atoms with E-state index in [4.69, 9.17) is 0 Å². The molecule has 5 nitrogen and oxygen atoms in total. The summed E-state index contributed by atoms with van der Waals surface area (Å²) in [7, 11) is -3.67. The maximum Gasteiger partial charge on any atom is 0.244 e. The molecule has 0 spiro atoms. The van der Waals surface area contributed by atoms with E-state index in [2.05, 4.69) is 14.7 Å². The van der Waals surface area contributed by atoms with Gasteiger partial charge in [-0.05, 0) is 20.8 Å². The van der Waals surface area contributed by atoms with Crippen LogP contribution in [0.3, 0.4) is 0 Å². The van der Waals surface area contributed by atoms with E-state index < -0.39 is 15.6 Å². The molecule has 1 N–H and O–H groups in total. The van der Waals surface area contributed by atoms with Crippen LogP contribution in [-0.2, 0) is 10.0 Å². The molecule has 0 atom stereocenters. The van der Waals surface area contributed by atoms with Gasteiger partial charge in [-0.3, -0.25) is 0 Å². The van der Waals surface area contributed by atoms with Gasteiger partial charge < -0.3 is 0 Å². The molecule has 2 aromatic rings. The van der Waals surface area contributed by atoms with E-state index in [0.29, 0.717) is 5.69 Å². The molecule has 0 aliphatic heterocycles. The Morgan fingerprint density at radius 2 is 1.75 bits per heavy atom. The first-order chi connectivity index (χ1) is 9.30. The SMILES string of the molecule is CC(C)(C)NS(=O)(=O)c1cncnc1-c1ccccc1. The number of rotatable bonds is 3. The summed E-state index contributed by atoms with van der Waals surface area (Å²) in [6.07, 6.45) is 2.67. The van der Waals surface area contributed by atoms with Crippen molar-refractivity contribution in [2.24, 2.45) is 0 Å². The molecule has 106 valence electrons. The predicted molar refractivity (Wildman–Crippen MR) is 77.5 cm³/mol. The highest BCUT2D eigenvalue weighted by atomic mass is 32.2. The Labute approximate surface area is 119 Å². The van der Waals surface area contributed by atoms with Gasteiger partial charge in [-0.15, -0.1) is 0 Å². The lowest BCUT2D eigenvalue weighted by Crippen LogP contribution is -2.40. The minimum Gasteiger partial charge on any atom is -0.243 e. The summed E-state index contributed by atoms with van der Waals surface area (Å²) in [4.78, 5) is 8.04. The van der Waals surface area contributed by atoms with Crippen LogP contribution < -0.4 is 4.72 Å². The number of aromatic nitrogens is 2. The maximum absolute atomic E-state index is 12.5. The van der Waals surface area contributed by atoms with Crippen molar-refractivity contribution in [1.29, 1.82) is 0 Å². The lowest BCUT2D eigenvalue weighted by Gasteiger charge is -2.21. The fourth-order valence-corrected chi connectivity index (χ4v) is 3.33. The van der Waals surface area contributed by atoms with Crippen molar-refractivity contribution in [2.75, 3.05) is 0 Å². The van der Waals surface area contributed by atoms with E-state index in [-0.39, 0.29) is 4.90 Å². The molecule has 6 heteroatoms. The minimum absolute atomic E-state index is 0.0844. The molecule has 0 aliphatic rings. The Kier molecular flexibility index (Phi) is 3.87. The molecule has 20 heavy (non-hydrogen) atoms. The third-order valence-corrected chi connectivity index (χ3v) is 4.21. The Morgan fingerprint density at radius 1 is 1.10 bits per heavy atom. The summed E-state index contributed by atoms with van der Waals surface area (Å²) in [6.45, 7) is 5.36. The van der Waals surface area contributed by atoms with Crippen LogP contribution in [0, 0.1) is 0 Å². The largest absolute Gasteiger partial charge is 0.244 e. The van der Waals surface area contributed by atoms with Gasteiger partial charge in [0, 0.05) is 11.1 Å². The van der Waals surface area contributed by atoms with Crippen molar-refractivity contribution in [3.8, 4) is 11.3 Å². The van der Waals surface area contributed by atoms with Crippen LogP contribution in [0.1, 0.15) is 20.8 Å². The molecule has 0 saturated carbocycles. The van der Waals surface area contributed by atoms with Crippen LogP contribution in [0.2, 0.25) is 0 Å². The smallest absolute Gasteiger partial charge is 0.243 e. The van der Waals surface area contributed by atoms with Gasteiger partial charge in [0.2, 0.25) is 10.0 Å². The standard InChI is InChI=1S/C14H17N3O2S/c1-14(2,3)17-20(18,19)12-9-15-10-16-13(12)11-7-5-4-6-8-11/h4-10,17H,1-3H3. The van der Waals surface area contributed by atoms with Crippen molar-refractivity contribution < 1.29 is 8.42 Å². The molecular formula is C14H17N3O2S. The van der Waals surface area contributed by atoms with Gasteiger partial charge in [0.05, 0.1) is 11.9 Å². The van der Waals surface area contributed by atoms with Gasteiger partial charge in [0.25, 0.3) is 0 Å². The number of nitrogens with zero attached hydrogens (tertiary/aromatic N) is 2. The van der Waals surface area contributed by atoms with Crippen molar-refractivity contribution >= 4 is 10.0 Å². The predicted octanol–water partition coefficient (Wildman–Crippen LogP) is 2.22. The Bertz CT molecular complexity index is 692. The first kappa shape index (κ1) is 14.6. The Hall–Kier alpha value is -1.79. The molecule has 2 rings (SSSR count). The number of hydrogen-bond donors (Lipinski definition) is 1. The first-order valence-electron chi connectivity index (χ1n) is 6.19. The monoisotopic (exact) mass is 291 g/mol. The summed E-state index contributed by atoms with van der Waals surface area (Å²) in [5.74, 6) is 0. The number of nitrogens with one attached hydrogen (secondary N) is 1. The average molecular weight is 291 g/mol. The summed E-state index contributed by atoms with van der Waals surface area (Å²) in [5.41, 5.74) is 0.573. The summed E-state index contributed by atoms with van der Waals surface area (Å²) >= 11 is 0. The molecule has 1 aromatic heterocycles. The fourth-order valence-electron chi connectivity index (χ4n) is 1.78. The molecule has 0 bridgehead atoms. The summed E-state index contributed by atoms with van der Waals surface area (Å²) in [6, 6.07) is 9.18. The van der Waals surface area contributed by atoms with Gasteiger partial charge in [0.1, 0.15) is 11.2 Å². The van der Waals surface area contributed by atoms with E-state index in [1.807, 2.05) is 30.3 Å². The van der Waals surface area contributed by atoms with Gasteiger partial charge in [-0.1, -0.05) is 30.3 Å². The molecule has 0 fully saturated rings. The van der Waals surface area contributed by atoms with Crippen LogP contribution in [-0.4, -0.2) is 23.9 Å². The van der Waals surface area contributed by atoms with Crippen LogP contribution in [0.5, 0.6) is 0 Å². The summed E-state index contributed by atoms with van der Waals surface area (Å²) < 4.78 is 27.5. The fraction of sp³-hybridized carbons (Fsp3) is 0.286. The highest BCUT2D eigenvalue weighted by Gasteiger charge is 2.25. The van der Waals surface area contributed by atoms with Gasteiger partial charge in [0.15, 0.2) is 0 Å². The number of benzene rings is 1.